The highest BCUT2D eigenvalue weighted by Gasteiger charge is 1.94. The van der Waals surface area contributed by atoms with Crippen LogP contribution in [0.3, 0.4) is 0 Å². The lowest BCUT2D eigenvalue weighted by Crippen LogP contribution is -2.24. The van der Waals surface area contributed by atoms with Crippen LogP contribution in [0, 0.1) is 0 Å². The summed E-state index contributed by atoms with van der Waals surface area (Å²) in [5.41, 5.74) is 4.54. The van der Waals surface area contributed by atoms with E-state index in [-0.39, 0.29) is 18.0 Å². The minimum atomic E-state index is -0.495. The van der Waals surface area contributed by atoms with E-state index >= 15 is 0 Å². The van der Waals surface area contributed by atoms with Gasteiger partial charge in [0.25, 0.3) is 0 Å². The lowest BCUT2D eigenvalue weighted by Gasteiger charge is -1.81. The molecule has 0 unspecified atom stereocenters. The first kappa shape index (κ1) is 13.2. The van der Waals surface area contributed by atoms with E-state index in [2.05, 4.69) is 11.1 Å². The third-order valence-corrected chi connectivity index (χ3v) is 0.744. The molecule has 0 bridgehead atoms. The van der Waals surface area contributed by atoms with Crippen molar-refractivity contribution >= 4 is 17.6 Å². The number of carbonyl (C=O) groups is 3. The van der Waals surface area contributed by atoms with E-state index in [1.54, 1.807) is 0 Å². The standard InChI is InChI=1S/C5H8O2.C2H6N2O/c1-4(6)3-5(2)7;1-4-2(3)5/h3H2,1-2H3;1H3,(H3,3,4,5). The molecule has 5 heteroatoms. The van der Waals surface area contributed by atoms with Gasteiger partial charge < -0.3 is 11.1 Å². The smallest absolute Gasteiger partial charge is 0.311 e. The van der Waals surface area contributed by atoms with E-state index in [1.165, 1.54) is 20.9 Å². The number of hydrogen-bond acceptors (Lipinski definition) is 3. The number of amides is 2. The SMILES string of the molecule is CC(=O)CC(C)=O.CNC(N)=O. The van der Waals surface area contributed by atoms with Gasteiger partial charge in [0.2, 0.25) is 0 Å². The molecule has 0 aliphatic carbocycles. The molecule has 0 spiro atoms. The maximum atomic E-state index is 10.0. The van der Waals surface area contributed by atoms with Gasteiger partial charge in [-0.1, -0.05) is 0 Å². The normalized spacial score (nSPS) is 7.58. The summed E-state index contributed by atoms with van der Waals surface area (Å²) >= 11 is 0. The largest absolute Gasteiger partial charge is 0.352 e. The molecule has 3 N–H and O–H groups in total. The zero-order chi connectivity index (χ0) is 10.1. The first-order chi connectivity index (χ1) is 5.40. The van der Waals surface area contributed by atoms with Gasteiger partial charge in [-0.25, -0.2) is 4.79 Å². The Hall–Kier alpha value is -1.39. The number of Topliss-reactive ketones (excluding diaryl/α,β-unsaturated/α-hetero) is 2. The molecule has 0 fully saturated rings. The van der Waals surface area contributed by atoms with Gasteiger partial charge >= 0.3 is 6.03 Å². The van der Waals surface area contributed by atoms with Gasteiger partial charge in [-0.3, -0.25) is 9.59 Å². The van der Waals surface area contributed by atoms with Crippen molar-refractivity contribution < 1.29 is 14.4 Å². The second kappa shape index (κ2) is 7.71. The highest BCUT2D eigenvalue weighted by atomic mass is 16.2. The summed E-state index contributed by atoms with van der Waals surface area (Å²) in [6.45, 7) is 2.81. The van der Waals surface area contributed by atoms with Crippen molar-refractivity contribution in [3.05, 3.63) is 0 Å². The molecule has 0 radical (unpaired) electrons. The number of urea groups is 1. The van der Waals surface area contributed by atoms with Gasteiger partial charge in [0.05, 0.1) is 6.42 Å². The quantitative estimate of drug-likeness (QED) is 0.570. The van der Waals surface area contributed by atoms with Gasteiger partial charge in [0.1, 0.15) is 11.6 Å². The van der Waals surface area contributed by atoms with E-state index in [0.29, 0.717) is 0 Å². The fourth-order valence-corrected chi connectivity index (χ4v) is 0.351. The first-order valence-electron chi connectivity index (χ1n) is 3.36. The Morgan fingerprint density at radius 3 is 1.42 bits per heavy atom. The van der Waals surface area contributed by atoms with Crippen LogP contribution in [-0.2, 0) is 9.59 Å². The number of carbonyl (C=O) groups excluding carboxylic acids is 3. The van der Waals surface area contributed by atoms with Gasteiger partial charge in [-0.15, -0.1) is 0 Å². The van der Waals surface area contributed by atoms with Crippen LogP contribution in [0.15, 0.2) is 0 Å². The highest BCUT2D eigenvalue weighted by molar-refractivity contribution is 5.96. The molecular weight excluding hydrogens is 160 g/mol. The highest BCUT2D eigenvalue weighted by Crippen LogP contribution is 1.80. The Morgan fingerprint density at radius 2 is 1.42 bits per heavy atom. The van der Waals surface area contributed by atoms with Crippen LogP contribution in [-0.4, -0.2) is 24.6 Å². The number of nitrogens with two attached hydrogens (primary N) is 1. The Morgan fingerprint density at radius 1 is 1.17 bits per heavy atom. The minimum absolute atomic E-state index is 0.0625. The Bertz CT molecular complexity index is 165. The molecule has 12 heavy (non-hydrogen) atoms. The topological polar surface area (TPSA) is 89.3 Å². The second-order valence-electron chi connectivity index (χ2n) is 2.20. The second-order valence-corrected chi connectivity index (χ2v) is 2.20. The van der Waals surface area contributed by atoms with Crippen molar-refractivity contribution in [2.45, 2.75) is 20.3 Å². The van der Waals surface area contributed by atoms with Crippen LogP contribution < -0.4 is 11.1 Å². The zero-order valence-electron chi connectivity index (χ0n) is 7.51. The maximum absolute atomic E-state index is 10.0. The molecule has 0 aromatic heterocycles. The van der Waals surface area contributed by atoms with Crippen LogP contribution >= 0.6 is 0 Å². The number of ketones is 2. The van der Waals surface area contributed by atoms with Crippen LogP contribution in [0.1, 0.15) is 20.3 Å². The summed E-state index contributed by atoms with van der Waals surface area (Å²) in [5.74, 6) is -0.125. The Balaban J connectivity index is 0. The van der Waals surface area contributed by atoms with Crippen LogP contribution in [0.4, 0.5) is 4.79 Å². The van der Waals surface area contributed by atoms with E-state index in [1.807, 2.05) is 0 Å². The Labute approximate surface area is 71.3 Å². The van der Waals surface area contributed by atoms with Crippen molar-refractivity contribution in [3.63, 3.8) is 0 Å². The summed E-state index contributed by atoms with van der Waals surface area (Å²) < 4.78 is 0. The molecule has 0 atom stereocenters. The molecule has 0 rings (SSSR count). The first-order valence-corrected chi connectivity index (χ1v) is 3.36. The molecule has 0 aromatic rings. The van der Waals surface area contributed by atoms with Crippen LogP contribution in [0.2, 0.25) is 0 Å². The molecule has 5 nitrogen and oxygen atoms in total. The predicted octanol–water partition coefficient (Wildman–Crippen LogP) is -0.161. The third-order valence-electron chi connectivity index (χ3n) is 0.744. The van der Waals surface area contributed by atoms with Gasteiger partial charge in [-0.2, -0.15) is 0 Å². The Kier molecular flexibility index (Phi) is 8.50. The lowest BCUT2D eigenvalue weighted by atomic mass is 10.2. The maximum Gasteiger partial charge on any atom is 0.311 e. The lowest BCUT2D eigenvalue weighted by molar-refractivity contribution is -0.124. The minimum Gasteiger partial charge on any atom is -0.352 e. The molecular formula is C7H14N2O3. The predicted molar refractivity (Wildman–Crippen MR) is 44.6 cm³/mol. The zero-order valence-corrected chi connectivity index (χ0v) is 7.51. The monoisotopic (exact) mass is 174 g/mol. The number of nitrogens with one attached hydrogen (secondary N) is 1. The summed E-state index contributed by atoms with van der Waals surface area (Å²) in [4.78, 5) is 29.5. The van der Waals surface area contributed by atoms with Crippen molar-refractivity contribution in [2.75, 3.05) is 7.05 Å². The number of primary amides is 1. The fraction of sp³-hybridized carbons (Fsp3) is 0.571. The van der Waals surface area contributed by atoms with Crippen molar-refractivity contribution in [1.29, 1.82) is 0 Å². The van der Waals surface area contributed by atoms with E-state index in [9.17, 15) is 14.4 Å². The van der Waals surface area contributed by atoms with Gasteiger partial charge in [0, 0.05) is 7.05 Å². The average molecular weight is 174 g/mol. The van der Waals surface area contributed by atoms with E-state index < -0.39 is 6.03 Å². The van der Waals surface area contributed by atoms with Crippen molar-refractivity contribution in [3.8, 4) is 0 Å². The molecule has 0 aliphatic heterocycles. The summed E-state index contributed by atoms with van der Waals surface area (Å²) in [6.07, 6.45) is 0.0833. The van der Waals surface area contributed by atoms with Crippen LogP contribution in [0.25, 0.3) is 0 Å². The van der Waals surface area contributed by atoms with Crippen molar-refractivity contribution in [1.82, 2.24) is 5.32 Å². The third kappa shape index (κ3) is 23.5. The summed E-state index contributed by atoms with van der Waals surface area (Å²) in [7, 11) is 1.47. The number of hydrogen-bond donors (Lipinski definition) is 2. The van der Waals surface area contributed by atoms with E-state index in [0.717, 1.165) is 0 Å². The van der Waals surface area contributed by atoms with Gasteiger partial charge in [-0.05, 0) is 13.8 Å². The molecule has 0 aromatic carbocycles. The van der Waals surface area contributed by atoms with E-state index in [4.69, 9.17) is 0 Å². The molecule has 2 amide bonds. The fourth-order valence-electron chi connectivity index (χ4n) is 0.351. The van der Waals surface area contributed by atoms with Crippen molar-refractivity contribution in [2.24, 2.45) is 5.73 Å². The summed E-state index contributed by atoms with van der Waals surface area (Å²) in [6, 6.07) is -0.495. The number of rotatable bonds is 2. The molecule has 0 aliphatic rings. The molecule has 0 saturated carbocycles. The van der Waals surface area contributed by atoms with Crippen LogP contribution in [0.5, 0.6) is 0 Å². The molecule has 0 saturated heterocycles. The average Bonchev–Trinajstić information content (AvgIpc) is 1.85. The molecule has 0 heterocycles. The summed E-state index contributed by atoms with van der Waals surface area (Å²) in [5, 5.41) is 2.17. The molecule has 70 valence electrons. The van der Waals surface area contributed by atoms with Gasteiger partial charge in [0.15, 0.2) is 0 Å².